The SMILES string of the molecule is CC1(C(=O)Nc2cccc(/C=C/C(=O)O)c2)CCCCC1. The molecule has 1 aliphatic rings. The van der Waals surface area contributed by atoms with Gasteiger partial charge in [-0.3, -0.25) is 4.79 Å². The predicted octanol–water partition coefficient (Wildman–Crippen LogP) is 3.69. The maximum Gasteiger partial charge on any atom is 0.328 e. The Morgan fingerprint density at radius 2 is 1.95 bits per heavy atom. The van der Waals surface area contributed by atoms with Gasteiger partial charge in [-0.15, -0.1) is 0 Å². The van der Waals surface area contributed by atoms with Gasteiger partial charge in [0.05, 0.1) is 0 Å². The quantitative estimate of drug-likeness (QED) is 0.830. The molecular weight excluding hydrogens is 266 g/mol. The summed E-state index contributed by atoms with van der Waals surface area (Å²) < 4.78 is 0. The molecule has 0 heterocycles. The molecule has 0 aliphatic heterocycles. The first kappa shape index (κ1) is 15.3. The number of aliphatic carboxylic acids is 1. The molecular formula is C17H21NO3. The molecule has 0 unspecified atom stereocenters. The molecule has 1 fully saturated rings. The summed E-state index contributed by atoms with van der Waals surface area (Å²) in [5.41, 5.74) is 1.17. The van der Waals surface area contributed by atoms with Crippen LogP contribution in [0.4, 0.5) is 5.69 Å². The summed E-state index contributed by atoms with van der Waals surface area (Å²) in [6.45, 7) is 2.02. The monoisotopic (exact) mass is 287 g/mol. The van der Waals surface area contributed by atoms with Crippen LogP contribution in [0, 0.1) is 5.41 Å². The van der Waals surface area contributed by atoms with Crippen LogP contribution in [-0.2, 0) is 9.59 Å². The summed E-state index contributed by atoms with van der Waals surface area (Å²) in [6.07, 6.45) is 7.87. The zero-order valence-electron chi connectivity index (χ0n) is 12.3. The van der Waals surface area contributed by atoms with E-state index in [-0.39, 0.29) is 11.3 Å². The summed E-state index contributed by atoms with van der Waals surface area (Å²) in [5.74, 6) is -0.930. The molecule has 4 nitrogen and oxygen atoms in total. The fourth-order valence-corrected chi connectivity index (χ4v) is 2.73. The van der Waals surface area contributed by atoms with Crippen LogP contribution in [0.25, 0.3) is 6.08 Å². The van der Waals surface area contributed by atoms with Crippen molar-refractivity contribution in [3.05, 3.63) is 35.9 Å². The number of nitrogens with one attached hydrogen (secondary N) is 1. The molecule has 0 aromatic heterocycles. The number of anilines is 1. The molecule has 0 spiro atoms. The van der Waals surface area contributed by atoms with E-state index in [9.17, 15) is 9.59 Å². The lowest BCUT2D eigenvalue weighted by atomic mass is 9.75. The van der Waals surface area contributed by atoms with Crippen LogP contribution in [0.2, 0.25) is 0 Å². The lowest BCUT2D eigenvalue weighted by Gasteiger charge is -2.32. The van der Waals surface area contributed by atoms with Gasteiger partial charge in [-0.05, 0) is 36.6 Å². The van der Waals surface area contributed by atoms with Crippen LogP contribution < -0.4 is 5.32 Å². The number of amides is 1. The van der Waals surface area contributed by atoms with Crippen LogP contribution >= 0.6 is 0 Å². The number of carboxylic acid groups (broad SMARTS) is 1. The van der Waals surface area contributed by atoms with Gasteiger partial charge in [-0.25, -0.2) is 4.79 Å². The second-order valence-corrected chi connectivity index (χ2v) is 5.87. The van der Waals surface area contributed by atoms with Crippen LogP contribution in [-0.4, -0.2) is 17.0 Å². The molecule has 2 N–H and O–H groups in total. The van der Waals surface area contributed by atoms with Gasteiger partial charge in [0, 0.05) is 17.2 Å². The van der Waals surface area contributed by atoms with Gasteiger partial charge in [0.15, 0.2) is 0 Å². The van der Waals surface area contributed by atoms with Crippen LogP contribution in [0.15, 0.2) is 30.3 Å². The van der Waals surface area contributed by atoms with Crippen molar-refractivity contribution < 1.29 is 14.7 Å². The molecule has 112 valence electrons. The minimum Gasteiger partial charge on any atom is -0.478 e. The Morgan fingerprint density at radius 3 is 2.62 bits per heavy atom. The van der Waals surface area contributed by atoms with Crippen molar-refractivity contribution in [3.8, 4) is 0 Å². The fraction of sp³-hybridized carbons (Fsp3) is 0.412. The van der Waals surface area contributed by atoms with E-state index in [1.807, 2.05) is 13.0 Å². The predicted molar refractivity (Wildman–Crippen MR) is 82.9 cm³/mol. The van der Waals surface area contributed by atoms with E-state index in [0.29, 0.717) is 5.69 Å². The first-order valence-electron chi connectivity index (χ1n) is 7.32. The second-order valence-electron chi connectivity index (χ2n) is 5.87. The normalized spacial score (nSPS) is 17.6. The smallest absolute Gasteiger partial charge is 0.328 e. The largest absolute Gasteiger partial charge is 0.478 e. The van der Waals surface area contributed by atoms with Crippen LogP contribution in [0.1, 0.15) is 44.6 Å². The highest BCUT2D eigenvalue weighted by Crippen LogP contribution is 2.36. The molecule has 1 aliphatic carbocycles. The van der Waals surface area contributed by atoms with Gasteiger partial charge < -0.3 is 10.4 Å². The van der Waals surface area contributed by atoms with E-state index in [1.165, 1.54) is 12.5 Å². The Kier molecular flexibility index (Phi) is 4.78. The molecule has 1 amide bonds. The van der Waals surface area contributed by atoms with Crippen molar-refractivity contribution in [2.75, 3.05) is 5.32 Å². The molecule has 0 saturated heterocycles. The highest BCUT2D eigenvalue weighted by Gasteiger charge is 2.34. The van der Waals surface area contributed by atoms with Crippen molar-refractivity contribution >= 4 is 23.6 Å². The van der Waals surface area contributed by atoms with Crippen LogP contribution in [0.5, 0.6) is 0 Å². The van der Waals surface area contributed by atoms with Crippen molar-refractivity contribution in [2.24, 2.45) is 5.41 Å². The number of benzene rings is 1. The Hall–Kier alpha value is -2.10. The van der Waals surface area contributed by atoms with Gasteiger partial charge >= 0.3 is 5.97 Å². The average Bonchev–Trinajstić information content (AvgIpc) is 2.46. The first-order valence-corrected chi connectivity index (χ1v) is 7.32. The highest BCUT2D eigenvalue weighted by molar-refractivity contribution is 5.95. The first-order chi connectivity index (χ1) is 9.99. The van der Waals surface area contributed by atoms with E-state index < -0.39 is 5.97 Å². The van der Waals surface area contributed by atoms with Gasteiger partial charge in [0.2, 0.25) is 5.91 Å². The summed E-state index contributed by atoms with van der Waals surface area (Å²) in [5, 5.41) is 11.6. The highest BCUT2D eigenvalue weighted by atomic mass is 16.4. The summed E-state index contributed by atoms with van der Waals surface area (Å²) in [7, 11) is 0. The molecule has 1 saturated carbocycles. The van der Waals surface area contributed by atoms with E-state index in [0.717, 1.165) is 37.3 Å². The number of hydrogen-bond donors (Lipinski definition) is 2. The lowest BCUT2D eigenvalue weighted by Crippen LogP contribution is -2.35. The molecule has 1 aromatic rings. The number of rotatable bonds is 4. The third-order valence-corrected chi connectivity index (χ3v) is 4.07. The average molecular weight is 287 g/mol. The van der Waals surface area contributed by atoms with Gasteiger partial charge in [-0.2, -0.15) is 0 Å². The van der Waals surface area contributed by atoms with Gasteiger partial charge in [-0.1, -0.05) is 38.3 Å². The lowest BCUT2D eigenvalue weighted by molar-refractivity contribution is -0.131. The minimum absolute atomic E-state index is 0.0570. The second kappa shape index (κ2) is 6.57. The molecule has 0 bridgehead atoms. The maximum atomic E-state index is 12.4. The Morgan fingerprint density at radius 1 is 1.24 bits per heavy atom. The van der Waals surface area contributed by atoms with E-state index in [2.05, 4.69) is 5.32 Å². The Labute approximate surface area is 124 Å². The number of carboxylic acids is 1. The summed E-state index contributed by atoms with van der Waals surface area (Å²) >= 11 is 0. The Balaban J connectivity index is 2.07. The number of carbonyl (C=O) groups excluding carboxylic acids is 1. The molecule has 21 heavy (non-hydrogen) atoms. The van der Waals surface area contributed by atoms with Gasteiger partial charge in [0.1, 0.15) is 0 Å². The third-order valence-electron chi connectivity index (χ3n) is 4.07. The standard InChI is InChI=1S/C17H21NO3/c1-17(10-3-2-4-11-17)16(21)18-14-7-5-6-13(12-14)8-9-15(19)20/h5-9,12H,2-4,10-11H2,1H3,(H,18,21)(H,19,20)/b9-8+. The van der Waals surface area contributed by atoms with Crippen LogP contribution in [0.3, 0.4) is 0 Å². The minimum atomic E-state index is -0.987. The molecule has 1 aromatic carbocycles. The van der Waals surface area contributed by atoms with Crippen molar-refractivity contribution in [2.45, 2.75) is 39.0 Å². The topological polar surface area (TPSA) is 66.4 Å². The molecule has 0 radical (unpaired) electrons. The maximum absolute atomic E-state index is 12.4. The summed E-state index contributed by atoms with van der Waals surface area (Å²) in [6, 6.07) is 7.21. The van der Waals surface area contributed by atoms with Gasteiger partial charge in [0.25, 0.3) is 0 Å². The van der Waals surface area contributed by atoms with Crippen molar-refractivity contribution in [3.63, 3.8) is 0 Å². The number of hydrogen-bond acceptors (Lipinski definition) is 2. The van der Waals surface area contributed by atoms with E-state index in [4.69, 9.17) is 5.11 Å². The summed E-state index contributed by atoms with van der Waals surface area (Å²) in [4.78, 5) is 23.0. The zero-order valence-corrected chi connectivity index (χ0v) is 12.3. The molecule has 2 rings (SSSR count). The van der Waals surface area contributed by atoms with Crippen molar-refractivity contribution in [1.29, 1.82) is 0 Å². The fourth-order valence-electron chi connectivity index (χ4n) is 2.73. The van der Waals surface area contributed by atoms with Crippen molar-refractivity contribution in [1.82, 2.24) is 0 Å². The third kappa shape index (κ3) is 4.18. The Bertz CT molecular complexity index is 557. The van der Waals surface area contributed by atoms with E-state index >= 15 is 0 Å². The number of carbonyl (C=O) groups is 2. The van der Waals surface area contributed by atoms with E-state index in [1.54, 1.807) is 18.2 Å². The molecule has 0 atom stereocenters. The molecule has 4 heteroatoms. The zero-order chi connectivity index (χ0) is 15.3.